The largest absolute Gasteiger partial charge is 0.381 e. The van der Waals surface area contributed by atoms with Gasteiger partial charge < -0.3 is 9.64 Å². The summed E-state index contributed by atoms with van der Waals surface area (Å²) in [6.07, 6.45) is 0.685. The molecule has 1 amide bonds. The Morgan fingerprint density at radius 1 is 1.43 bits per heavy atom. The summed E-state index contributed by atoms with van der Waals surface area (Å²) < 4.78 is 5.49. The number of hydrogen-bond acceptors (Lipinski definition) is 2. The van der Waals surface area contributed by atoms with Crippen molar-refractivity contribution >= 4 is 5.91 Å². The van der Waals surface area contributed by atoms with Crippen LogP contribution in [-0.2, 0) is 9.53 Å². The minimum atomic E-state index is 0.287. The van der Waals surface area contributed by atoms with Crippen LogP contribution >= 0.6 is 0 Å². The number of nitrogens with zero attached hydrogens (tertiary/aromatic N) is 1. The molecule has 3 atom stereocenters. The number of fused-ring (bicyclic) bond motifs is 1. The monoisotopic (exact) mass is 197 g/mol. The normalized spacial score (nSPS) is 37.9. The highest BCUT2D eigenvalue weighted by atomic mass is 16.5. The lowest BCUT2D eigenvalue weighted by atomic mass is 9.77. The molecular formula is C11H19NO2. The Labute approximate surface area is 85.4 Å². The molecule has 0 saturated carbocycles. The first-order valence-electron chi connectivity index (χ1n) is 5.44. The summed E-state index contributed by atoms with van der Waals surface area (Å²) in [4.78, 5) is 13.7. The second kappa shape index (κ2) is 3.54. The van der Waals surface area contributed by atoms with Gasteiger partial charge in [0.2, 0.25) is 5.91 Å². The first-order chi connectivity index (χ1) is 6.61. The average Bonchev–Trinajstić information content (AvgIpc) is 2.52. The van der Waals surface area contributed by atoms with Crippen molar-refractivity contribution in [1.29, 1.82) is 0 Å². The van der Waals surface area contributed by atoms with Gasteiger partial charge in [-0.1, -0.05) is 13.8 Å². The van der Waals surface area contributed by atoms with E-state index in [0.717, 1.165) is 13.2 Å². The second-order valence-electron chi connectivity index (χ2n) is 4.90. The minimum absolute atomic E-state index is 0.287. The number of ether oxygens (including phenoxy) is 1. The summed E-state index contributed by atoms with van der Waals surface area (Å²) in [7, 11) is 1.93. The van der Waals surface area contributed by atoms with Gasteiger partial charge in [-0.25, -0.2) is 0 Å². The Kier molecular flexibility index (Phi) is 2.52. The van der Waals surface area contributed by atoms with E-state index < -0.39 is 0 Å². The number of hydrogen-bond donors (Lipinski definition) is 0. The van der Waals surface area contributed by atoms with Gasteiger partial charge >= 0.3 is 0 Å². The van der Waals surface area contributed by atoms with Crippen molar-refractivity contribution in [3.63, 3.8) is 0 Å². The van der Waals surface area contributed by atoms with Crippen molar-refractivity contribution < 1.29 is 9.53 Å². The number of likely N-dealkylation sites (tertiary alicyclic amines) is 1. The molecule has 0 radical (unpaired) electrons. The second-order valence-corrected chi connectivity index (χ2v) is 4.90. The van der Waals surface area contributed by atoms with Crippen LogP contribution in [0.2, 0.25) is 0 Å². The maximum absolute atomic E-state index is 11.7. The van der Waals surface area contributed by atoms with Crippen molar-refractivity contribution in [2.45, 2.75) is 26.3 Å². The minimum Gasteiger partial charge on any atom is -0.381 e. The van der Waals surface area contributed by atoms with Crippen molar-refractivity contribution in [1.82, 2.24) is 4.90 Å². The zero-order valence-electron chi connectivity index (χ0n) is 9.19. The molecule has 0 aromatic heterocycles. The van der Waals surface area contributed by atoms with E-state index in [-0.39, 0.29) is 5.91 Å². The molecule has 2 rings (SSSR count). The van der Waals surface area contributed by atoms with Gasteiger partial charge in [0.15, 0.2) is 0 Å². The fourth-order valence-corrected chi connectivity index (χ4v) is 2.97. The standard InChI is InChI=1S/C11H19NO2/c1-7(2)11-9-6-14-5-8(9)4-10(13)12(11)3/h7-9,11H,4-6H2,1-3H3. The highest BCUT2D eigenvalue weighted by Crippen LogP contribution is 2.36. The number of amides is 1. The maximum atomic E-state index is 11.7. The molecule has 0 bridgehead atoms. The van der Waals surface area contributed by atoms with Gasteiger partial charge in [-0.3, -0.25) is 4.79 Å². The van der Waals surface area contributed by atoms with Crippen LogP contribution < -0.4 is 0 Å². The van der Waals surface area contributed by atoms with Gasteiger partial charge in [0.05, 0.1) is 13.2 Å². The van der Waals surface area contributed by atoms with E-state index in [9.17, 15) is 4.79 Å². The van der Waals surface area contributed by atoms with Crippen LogP contribution in [0, 0.1) is 17.8 Å². The maximum Gasteiger partial charge on any atom is 0.222 e. The van der Waals surface area contributed by atoms with E-state index in [1.165, 1.54) is 0 Å². The molecule has 3 nitrogen and oxygen atoms in total. The first kappa shape index (κ1) is 9.97. The van der Waals surface area contributed by atoms with Crippen LogP contribution in [0.15, 0.2) is 0 Å². The molecule has 3 unspecified atom stereocenters. The molecule has 0 N–H and O–H groups in total. The molecular weight excluding hydrogens is 178 g/mol. The third-order valence-electron chi connectivity index (χ3n) is 3.65. The van der Waals surface area contributed by atoms with E-state index in [1.807, 2.05) is 11.9 Å². The molecule has 0 aromatic rings. The van der Waals surface area contributed by atoms with Gasteiger partial charge in [-0.05, 0) is 11.8 Å². The van der Waals surface area contributed by atoms with Crippen LogP contribution in [0.3, 0.4) is 0 Å². The first-order valence-corrected chi connectivity index (χ1v) is 5.44. The number of carbonyl (C=O) groups excluding carboxylic acids is 1. The van der Waals surface area contributed by atoms with E-state index >= 15 is 0 Å². The van der Waals surface area contributed by atoms with Crippen molar-refractivity contribution in [3.05, 3.63) is 0 Å². The SMILES string of the molecule is CC(C)C1C2COCC2CC(=O)N1C. The summed E-state index contributed by atoms with van der Waals surface area (Å²) in [5.41, 5.74) is 0. The van der Waals surface area contributed by atoms with Crippen molar-refractivity contribution in [3.8, 4) is 0 Å². The van der Waals surface area contributed by atoms with Crippen LogP contribution in [0.4, 0.5) is 0 Å². The predicted octanol–water partition coefficient (Wildman–Crippen LogP) is 1.14. The smallest absolute Gasteiger partial charge is 0.222 e. The molecule has 0 aromatic carbocycles. The quantitative estimate of drug-likeness (QED) is 0.631. The Bertz CT molecular complexity index is 239. The lowest BCUT2D eigenvalue weighted by molar-refractivity contribution is -0.140. The number of piperidine rings is 1. The summed E-state index contributed by atoms with van der Waals surface area (Å²) in [6.45, 7) is 6.00. The molecule has 80 valence electrons. The fourth-order valence-electron chi connectivity index (χ4n) is 2.97. The zero-order valence-corrected chi connectivity index (χ0v) is 9.19. The van der Waals surface area contributed by atoms with Gasteiger partial charge in [0, 0.05) is 25.4 Å². The zero-order chi connectivity index (χ0) is 10.3. The molecule has 2 aliphatic rings. The number of carbonyl (C=O) groups is 1. The van der Waals surface area contributed by atoms with E-state index in [2.05, 4.69) is 13.8 Å². The summed E-state index contributed by atoms with van der Waals surface area (Å²) in [6, 6.07) is 0.378. The molecule has 2 fully saturated rings. The molecule has 14 heavy (non-hydrogen) atoms. The Morgan fingerprint density at radius 2 is 2.14 bits per heavy atom. The molecule has 0 aliphatic carbocycles. The Hall–Kier alpha value is -0.570. The van der Waals surface area contributed by atoms with Crippen molar-refractivity contribution in [2.75, 3.05) is 20.3 Å². The average molecular weight is 197 g/mol. The van der Waals surface area contributed by atoms with Crippen LogP contribution in [0.1, 0.15) is 20.3 Å². The highest BCUT2D eigenvalue weighted by Gasteiger charge is 2.44. The highest BCUT2D eigenvalue weighted by molar-refractivity contribution is 5.77. The predicted molar refractivity (Wildman–Crippen MR) is 53.8 cm³/mol. The molecule has 2 aliphatic heterocycles. The molecule has 3 heteroatoms. The lowest BCUT2D eigenvalue weighted by Gasteiger charge is -2.42. The van der Waals surface area contributed by atoms with Crippen LogP contribution in [0.25, 0.3) is 0 Å². The summed E-state index contributed by atoms with van der Waals surface area (Å²) in [5.74, 6) is 1.86. The van der Waals surface area contributed by atoms with E-state index in [1.54, 1.807) is 0 Å². The Balaban J connectivity index is 2.20. The van der Waals surface area contributed by atoms with E-state index in [0.29, 0.717) is 30.2 Å². The van der Waals surface area contributed by atoms with Gasteiger partial charge in [-0.2, -0.15) is 0 Å². The molecule has 2 heterocycles. The Morgan fingerprint density at radius 3 is 2.79 bits per heavy atom. The molecule has 2 saturated heterocycles. The van der Waals surface area contributed by atoms with Gasteiger partial charge in [-0.15, -0.1) is 0 Å². The summed E-state index contributed by atoms with van der Waals surface area (Å²) >= 11 is 0. The van der Waals surface area contributed by atoms with Gasteiger partial charge in [0.25, 0.3) is 0 Å². The van der Waals surface area contributed by atoms with Crippen molar-refractivity contribution in [2.24, 2.45) is 17.8 Å². The molecule has 0 spiro atoms. The number of rotatable bonds is 1. The lowest BCUT2D eigenvalue weighted by Crippen LogP contribution is -2.52. The fraction of sp³-hybridized carbons (Fsp3) is 0.909. The third-order valence-corrected chi connectivity index (χ3v) is 3.65. The van der Waals surface area contributed by atoms with Crippen LogP contribution in [-0.4, -0.2) is 37.1 Å². The van der Waals surface area contributed by atoms with E-state index in [4.69, 9.17) is 4.74 Å². The topological polar surface area (TPSA) is 29.5 Å². The van der Waals surface area contributed by atoms with Crippen LogP contribution in [0.5, 0.6) is 0 Å². The third kappa shape index (κ3) is 1.44. The van der Waals surface area contributed by atoms with Gasteiger partial charge in [0.1, 0.15) is 0 Å². The summed E-state index contributed by atoms with van der Waals surface area (Å²) in [5, 5.41) is 0.